The molecule has 1 saturated heterocycles. The van der Waals surface area contributed by atoms with E-state index in [-0.39, 0.29) is 23.5 Å². The SMILES string of the molecule is CC(C)N=C(N)C1CCS(=O)(=O)C1. The third-order valence-electron chi connectivity index (χ3n) is 2.06. The maximum atomic E-state index is 11.1. The first kappa shape index (κ1) is 10.5. The summed E-state index contributed by atoms with van der Waals surface area (Å²) in [4.78, 5) is 4.15. The van der Waals surface area contributed by atoms with Crippen LogP contribution >= 0.6 is 0 Å². The van der Waals surface area contributed by atoms with Gasteiger partial charge in [0, 0.05) is 12.0 Å². The van der Waals surface area contributed by atoms with Gasteiger partial charge in [-0.05, 0) is 20.3 Å². The minimum atomic E-state index is -2.84. The Morgan fingerprint density at radius 1 is 1.54 bits per heavy atom. The third-order valence-corrected chi connectivity index (χ3v) is 3.83. The molecule has 1 fully saturated rings. The highest BCUT2D eigenvalue weighted by molar-refractivity contribution is 7.91. The molecule has 0 aromatic rings. The lowest BCUT2D eigenvalue weighted by Crippen LogP contribution is -2.26. The average Bonchev–Trinajstić information content (AvgIpc) is 2.28. The van der Waals surface area contributed by atoms with E-state index in [0.717, 1.165) is 0 Å². The van der Waals surface area contributed by atoms with Gasteiger partial charge in [0.05, 0.1) is 17.3 Å². The Bertz CT molecular complexity index is 306. The molecule has 76 valence electrons. The highest BCUT2D eigenvalue weighted by atomic mass is 32.2. The zero-order valence-electron chi connectivity index (χ0n) is 8.03. The van der Waals surface area contributed by atoms with Gasteiger partial charge in [-0.25, -0.2) is 8.42 Å². The van der Waals surface area contributed by atoms with E-state index in [1.54, 1.807) is 0 Å². The number of nitrogens with two attached hydrogens (primary N) is 1. The Morgan fingerprint density at radius 2 is 2.15 bits per heavy atom. The molecule has 4 nitrogen and oxygen atoms in total. The van der Waals surface area contributed by atoms with Crippen molar-refractivity contribution >= 4 is 15.7 Å². The molecule has 0 bridgehead atoms. The summed E-state index contributed by atoms with van der Waals surface area (Å²) in [6, 6.07) is 0.142. The molecule has 1 rings (SSSR count). The van der Waals surface area contributed by atoms with Crippen molar-refractivity contribution < 1.29 is 8.42 Å². The van der Waals surface area contributed by atoms with Gasteiger partial charge in [0.15, 0.2) is 9.84 Å². The average molecular weight is 204 g/mol. The van der Waals surface area contributed by atoms with Gasteiger partial charge in [-0.3, -0.25) is 4.99 Å². The molecule has 0 radical (unpaired) electrons. The number of sulfone groups is 1. The van der Waals surface area contributed by atoms with Gasteiger partial charge in [-0.1, -0.05) is 0 Å². The maximum absolute atomic E-state index is 11.1. The predicted octanol–water partition coefficient (Wildman–Crippen LogP) is 0.187. The van der Waals surface area contributed by atoms with Gasteiger partial charge in [0.25, 0.3) is 0 Å². The van der Waals surface area contributed by atoms with Gasteiger partial charge in [0.1, 0.15) is 0 Å². The summed E-state index contributed by atoms with van der Waals surface area (Å²) >= 11 is 0. The van der Waals surface area contributed by atoms with Gasteiger partial charge in [0.2, 0.25) is 0 Å². The van der Waals surface area contributed by atoms with E-state index in [1.165, 1.54) is 0 Å². The molecule has 0 amide bonds. The van der Waals surface area contributed by atoms with Crippen molar-refractivity contribution in [1.29, 1.82) is 0 Å². The fourth-order valence-electron chi connectivity index (χ4n) is 1.43. The van der Waals surface area contributed by atoms with Gasteiger partial charge >= 0.3 is 0 Å². The topological polar surface area (TPSA) is 72.5 Å². The molecule has 1 atom stereocenters. The van der Waals surface area contributed by atoms with Crippen molar-refractivity contribution in [2.45, 2.75) is 26.3 Å². The molecule has 2 N–H and O–H groups in total. The van der Waals surface area contributed by atoms with Crippen molar-refractivity contribution in [3.05, 3.63) is 0 Å². The van der Waals surface area contributed by atoms with Crippen molar-refractivity contribution in [1.82, 2.24) is 0 Å². The molecule has 0 aromatic carbocycles. The Labute approximate surface area is 79.1 Å². The normalized spacial score (nSPS) is 28.2. The molecule has 0 saturated carbocycles. The molecular formula is C8H16N2O2S. The van der Waals surface area contributed by atoms with E-state index in [0.29, 0.717) is 12.3 Å². The van der Waals surface area contributed by atoms with Crippen LogP contribution in [0.15, 0.2) is 4.99 Å². The molecule has 0 spiro atoms. The van der Waals surface area contributed by atoms with Crippen LogP contribution in [0, 0.1) is 5.92 Å². The van der Waals surface area contributed by atoms with Crippen LogP contribution in [-0.4, -0.2) is 31.8 Å². The lowest BCUT2D eigenvalue weighted by atomic mass is 10.1. The van der Waals surface area contributed by atoms with Gasteiger partial charge in [-0.15, -0.1) is 0 Å². The highest BCUT2D eigenvalue weighted by Crippen LogP contribution is 2.18. The Kier molecular flexibility index (Phi) is 2.95. The van der Waals surface area contributed by atoms with Crippen molar-refractivity contribution in [3.8, 4) is 0 Å². The summed E-state index contributed by atoms with van der Waals surface area (Å²) in [6.07, 6.45) is 0.629. The summed E-state index contributed by atoms with van der Waals surface area (Å²) in [5, 5.41) is 0. The number of hydrogen-bond acceptors (Lipinski definition) is 3. The smallest absolute Gasteiger partial charge is 0.151 e. The predicted molar refractivity (Wildman–Crippen MR) is 53.5 cm³/mol. The van der Waals surface area contributed by atoms with Crippen LogP contribution in [0.5, 0.6) is 0 Å². The van der Waals surface area contributed by atoms with Crippen LogP contribution < -0.4 is 5.73 Å². The van der Waals surface area contributed by atoms with Gasteiger partial charge < -0.3 is 5.73 Å². The Morgan fingerprint density at radius 3 is 2.54 bits per heavy atom. The Hall–Kier alpha value is -0.580. The summed E-state index contributed by atoms with van der Waals surface area (Å²) in [6.45, 7) is 3.85. The first-order chi connectivity index (χ1) is 5.91. The fourth-order valence-corrected chi connectivity index (χ4v) is 3.19. The summed E-state index contributed by atoms with van der Waals surface area (Å²) in [5.74, 6) is 0.879. The molecule has 1 aliphatic heterocycles. The third kappa shape index (κ3) is 2.99. The molecule has 1 aliphatic rings. The molecular weight excluding hydrogens is 188 g/mol. The van der Waals surface area contributed by atoms with E-state index in [9.17, 15) is 8.42 Å². The molecule has 13 heavy (non-hydrogen) atoms. The molecule has 0 aliphatic carbocycles. The number of nitrogens with zero attached hydrogens (tertiary/aromatic N) is 1. The quantitative estimate of drug-likeness (QED) is 0.515. The minimum Gasteiger partial charge on any atom is -0.387 e. The zero-order valence-corrected chi connectivity index (χ0v) is 8.84. The highest BCUT2D eigenvalue weighted by Gasteiger charge is 2.30. The van der Waals surface area contributed by atoms with E-state index < -0.39 is 9.84 Å². The lowest BCUT2D eigenvalue weighted by molar-refractivity contribution is 0.601. The van der Waals surface area contributed by atoms with E-state index in [4.69, 9.17) is 5.73 Å². The van der Waals surface area contributed by atoms with Crippen molar-refractivity contribution in [2.24, 2.45) is 16.6 Å². The fraction of sp³-hybridized carbons (Fsp3) is 0.875. The van der Waals surface area contributed by atoms with E-state index in [2.05, 4.69) is 4.99 Å². The number of amidine groups is 1. The standard InChI is InChI=1S/C8H16N2O2S/c1-6(2)10-8(9)7-3-4-13(11,12)5-7/h6-7H,3-5H2,1-2H3,(H2,9,10). The molecule has 0 aromatic heterocycles. The van der Waals surface area contributed by atoms with E-state index in [1.807, 2.05) is 13.8 Å². The summed E-state index contributed by atoms with van der Waals surface area (Å²) in [7, 11) is -2.84. The first-order valence-electron chi connectivity index (χ1n) is 4.44. The second-order valence-corrected chi connectivity index (χ2v) is 5.98. The minimum absolute atomic E-state index is 0.0487. The van der Waals surface area contributed by atoms with Crippen molar-refractivity contribution in [3.63, 3.8) is 0 Å². The lowest BCUT2D eigenvalue weighted by Gasteiger charge is -2.08. The molecule has 1 unspecified atom stereocenters. The second-order valence-electron chi connectivity index (χ2n) is 3.75. The van der Waals surface area contributed by atoms with Gasteiger partial charge in [-0.2, -0.15) is 0 Å². The van der Waals surface area contributed by atoms with Crippen molar-refractivity contribution in [2.75, 3.05) is 11.5 Å². The van der Waals surface area contributed by atoms with Crippen LogP contribution in [0.25, 0.3) is 0 Å². The largest absolute Gasteiger partial charge is 0.387 e. The molecule has 1 heterocycles. The van der Waals surface area contributed by atoms with Crippen LogP contribution in [-0.2, 0) is 9.84 Å². The first-order valence-corrected chi connectivity index (χ1v) is 6.26. The monoisotopic (exact) mass is 204 g/mol. The summed E-state index contributed by atoms with van der Waals surface area (Å²) < 4.78 is 22.2. The van der Waals surface area contributed by atoms with Crippen LogP contribution in [0.1, 0.15) is 20.3 Å². The summed E-state index contributed by atoms with van der Waals surface area (Å²) in [5.41, 5.74) is 5.69. The number of hydrogen-bond donors (Lipinski definition) is 1. The number of aliphatic imine (C=N–C) groups is 1. The van der Waals surface area contributed by atoms with Crippen LogP contribution in [0.2, 0.25) is 0 Å². The maximum Gasteiger partial charge on any atom is 0.151 e. The second kappa shape index (κ2) is 3.65. The number of rotatable bonds is 2. The van der Waals surface area contributed by atoms with E-state index >= 15 is 0 Å². The van der Waals surface area contributed by atoms with Crippen LogP contribution in [0.4, 0.5) is 0 Å². The van der Waals surface area contributed by atoms with Crippen LogP contribution in [0.3, 0.4) is 0 Å². The molecule has 5 heteroatoms. The zero-order chi connectivity index (χ0) is 10.1. The Balaban J connectivity index is 2.67.